The summed E-state index contributed by atoms with van der Waals surface area (Å²) in [6.07, 6.45) is -1.43. The number of para-hydroxylation sites is 2. The Labute approximate surface area is 171 Å². The van der Waals surface area contributed by atoms with Crippen LogP contribution in [-0.2, 0) is 11.3 Å². The first-order valence-electron chi connectivity index (χ1n) is 9.82. The zero-order chi connectivity index (χ0) is 21.1. The van der Waals surface area contributed by atoms with E-state index in [9.17, 15) is 18.0 Å². The van der Waals surface area contributed by atoms with Gasteiger partial charge in [0.1, 0.15) is 17.8 Å². The molecule has 4 rings (SSSR count). The summed E-state index contributed by atoms with van der Waals surface area (Å²) < 4.78 is 50.0. The van der Waals surface area contributed by atoms with Crippen molar-refractivity contribution in [3.63, 3.8) is 0 Å². The minimum Gasteiger partial charge on any atom is -0.467 e. The number of aromatic nitrogens is 1. The van der Waals surface area contributed by atoms with Gasteiger partial charge in [-0.1, -0.05) is 12.1 Å². The molecule has 9 heteroatoms. The maximum Gasteiger partial charge on any atom is 0.406 e. The lowest BCUT2D eigenvalue weighted by atomic mass is 9.98. The second-order valence-electron chi connectivity index (χ2n) is 7.54. The number of nitrogens with zero attached hydrogens (tertiary/aromatic N) is 3. The van der Waals surface area contributed by atoms with Crippen LogP contribution in [0.15, 0.2) is 51.5 Å². The largest absolute Gasteiger partial charge is 0.467 e. The van der Waals surface area contributed by atoms with Crippen molar-refractivity contribution in [2.75, 3.05) is 26.2 Å². The van der Waals surface area contributed by atoms with E-state index in [0.717, 1.165) is 23.3 Å². The number of carbonyl (C=O) groups is 1. The van der Waals surface area contributed by atoms with E-state index in [4.69, 9.17) is 8.83 Å². The Bertz CT molecular complexity index is 951. The number of halogens is 3. The van der Waals surface area contributed by atoms with Crippen molar-refractivity contribution in [1.82, 2.24) is 14.8 Å². The van der Waals surface area contributed by atoms with Gasteiger partial charge in [0.25, 0.3) is 0 Å². The van der Waals surface area contributed by atoms with Crippen LogP contribution in [0.1, 0.15) is 30.4 Å². The van der Waals surface area contributed by atoms with Gasteiger partial charge in [-0.15, -0.1) is 0 Å². The molecule has 1 atom stereocenters. The maximum atomic E-state index is 13.0. The standard InChI is InChI=1S/C21H22F3N3O3/c22-21(23,24)14-27(12-16-6-4-10-29-16)19(28)13-26-9-3-5-15(11-26)20-25-17-7-1-2-8-18(17)30-20/h1-2,4,6-8,10,15H,3,5,9,11-14H2. The summed E-state index contributed by atoms with van der Waals surface area (Å²) >= 11 is 0. The van der Waals surface area contributed by atoms with E-state index >= 15 is 0 Å². The molecule has 1 aliphatic rings. The maximum absolute atomic E-state index is 13.0. The fraction of sp³-hybridized carbons (Fsp3) is 0.429. The van der Waals surface area contributed by atoms with Gasteiger partial charge >= 0.3 is 6.18 Å². The second-order valence-corrected chi connectivity index (χ2v) is 7.54. The van der Waals surface area contributed by atoms with Crippen LogP contribution in [0.4, 0.5) is 13.2 Å². The Balaban J connectivity index is 1.42. The number of alkyl halides is 3. The first-order chi connectivity index (χ1) is 14.4. The summed E-state index contributed by atoms with van der Waals surface area (Å²) in [5.41, 5.74) is 1.48. The van der Waals surface area contributed by atoms with Gasteiger partial charge < -0.3 is 13.7 Å². The van der Waals surface area contributed by atoms with Crippen molar-refractivity contribution in [1.29, 1.82) is 0 Å². The Kier molecular flexibility index (Phi) is 5.80. The molecule has 0 spiro atoms. The fourth-order valence-electron chi connectivity index (χ4n) is 3.80. The summed E-state index contributed by atoms with van der Waals surface area (Å²) in [5.74, 6) is 0.341. The number of hydrogen-bond donors (Lipinski definition) is 0. The van der Waals surface area contributed by atoms with E-state index < -0.39 is 18.6 Å². The highest BCUT2D eigenvalue weighted by Crippen LogP contribution is 2.29. The smallest absolute Gasteiger partial charge is 0.406 e. The van der Waals surface area contributed by atoms with Crippen molar-refractivity contribution >= 4 is 17.0 Å². The average molecular weight is 421 g/mol. The monoisotopic (exact) mass is 421 g/mol. The van der Waals surface area contributed by atoms with Crippen LogP contribution in [0.5, 0.6) is 0 Å². The predicted molar refractivity (Wildman–Crippen MR) is 103 cm³/mol. The van der Waals surface area contributed by atoms with Gasteiger partial charge in [-0.3, -0.25) is 9.69 Å². The van der Waals surface area contributed by atoms with Crippen LogP contribution in [0.2, 0.25) is 0 Å². The molecule has 1 aliphatic heterocycles. The summed E-state index contributed by atoms with van der Waals surface area (Å²) in [4.78, 5) is 19.9. The third-order valence-electron chi connectivity index (χ3n) is 5.17. The van der Waals surface area contributed by atoms with E-state index in [0.29, 0.717) is 30.3 Å². The number of rotatable bonds is 6. The number of furan rings is 1. The molecule has 2 aromatic heterocycles. The zero-order valence-corrected chi connectivity index (χ0v) is 16.3. The topological polar surface area (TPSA) is 62.7 Å². The van der Waals surface area contributed by atoms with Gasteiger partial charge in [0.05, 0.1) is 19.4 Å². The van der Waals surface area contributed by atoms with E-state index in [2.05, 4.69) is 4.98 Å². The Morgan fingerprint density at radius 3 is 2.80 bits per heavy atom. The van der Waals surface area contributed by atoms with Crippen LogP contribution < -0.4 is 0 Å². The van der Waals surface area contributed by atoms with Gasteiger partial charge in [-0.2, -0.15) is 13.2 Å². The Morgan fingerprint density at radius 1 is 1.23 bits per heavy atom. The summed E-state index contributed by atoms with van der Waals surface area (Å²) in [6.45, 7) is -0.460. The van der Waals surface area contributed by atoms with Gasteiger partial charge in [-0.05, 0) is 43.7 Å². The number of benzene rings is 1. The molecular weight excluding hydrogens is 399 g/mol. The molecule has 1 saturated heterocycles. The van der Waals surface area contributed by atoms with Gasteiger partial charge in [0.15, 0.2) is 11.5 Å². The molecule has 3 aromatic rings. The normalized spacial score (nSPS) is 18.0. The number of hydrogen-bond acceptors (Lipinski definition) is 5. The fourth-order valence-corrected chi connectivity index (χ4v) is 3.80. The SMILES string of the molecule is O=C(CN1CCCC(c2nc3ccccc3o2)C1)N(Cc1ccco1)CC(F)(F)F. The quantitative estimate of drug-likeness (QED) is 0.597. The van der Waals surface area contributed by atoms with Gasteiger partial charge in [-0.25, -0.2) is 4.98 Å². The molecule has 0 saturated carbocycles. The minimum atomic E-state index is -4.48. The summed E-state index contributed by atoms with van der Waals surface area (Å²) in [7, 11) is 0. The summed E-state index contributed by atoms with van der Waals surface area (Å²) in [6, 6.07) is 10.6. The molecule has 3 heterocycles. The van der Waals surface area contributed by atoms with E-state index in [-0.39, 0.29) is 19.0 Å². The van der Waals surface area contributed by atoms with Crippen LogP contribution in [0.3, 0.4) is 0 Å². The lowest BCUT2D eigenvalue weighted by Crippen LogP contribution is -2.46. The van der Waals surface area contributed by atoms with E-state index in [1.54, 1.807) is 12.1 Å². The molecule has 30 heavy (non-hydrogen) atoms. The minimum absolute atomic E-state index is 0.0000832. The third-order valence-corrected chi connectivity index (χ3v) is 5.17. The highest BCUT2D eigenvalue weighted by molar-refractivity contribution is 5.78. The first kappa shape index (κ1) is 20.5. The molecule has 160 valence electrons. The van der Waals surface area contributed by atoms with E-state index in [1.807, 2.05) is 29.2 Å². The third kappa shape index (κ3) is 5.02. The molecular formula is C21H22F3N3O3. The molecule has 0 bridgehead atoms. The van der Waals surface area contributed by atoms with Crippen molar-refractivity contribution in [2.45, 2.75) is 31.5 Å². The predicted octanol–water partition coefficient (Wildman–Crippen LogP) is 4.19. The summed E-state index contributed by atoms with van der Waals surface area (Å²) in [5, 5.41) is 0. The van der Waals surface area contributed by atoms with Crippen molar-refractivity contribution in [3.8, 4) is 0 Å². The average Bonchev–Trinajstić information content (AvgIpc) is 3.36. The van der Waals surface area contributed by atoms with Gasteiger partial charge in [0, 0.05) is 12.5 Å². The van der Waals surface area contributed by atoms with E-state index in [1.165, 1.54) is 6.26 Å². The second kappa shape index (κ2) is 8.51. The number of oxazole rings is 1. The Hall–Kier alpha value is -2.81. The van der Waals surface area contributed by atoms with Gasteiger partial charge in [0.2, 0.25) is 5.91 Å². The van der Waals surface area contributed by atoms with Crippen LogP contribution in [0.25, 0.3) is 11.1 Å². The van der Waals surface area contributed by atoms with Crippen molar-refractivity contribution in [3.05, 3.63) is 54.3 Å². The van der Waals surface area contributed by atoms with Crippen molar-refractivity contribution in [2.24, 2.45) is 0 Å². The molecule has 0 radical (unpaired) electrons. The molecule has 6 nitrogen and oxygen atoms in total. The van der Waals surface area contributed by atoms with Crippen LogP contribution in [0, 0.1) is 0 Å². The van der Waals surface area contributed by atoms with Crippen LogP contribution in [-0.4, -0.2) is 53.0 Å². The number of fused-ring (bicyclic) bond motifs is 1. The zero-order valence-electron chi connectivity index (χ0n) is 16.3. The first-order valence-corrected chi connectivity index (χ1v) is 9.82. The lowest BCUT2D eigenvalue weighted by Gasteiger charge is -2.32. The van der Waals surface area contributed by atoms with Crippen molar-refractivity contribution < 1.29 is 26.8 Å². The molecule has 0 N–H and O–H groups in total. The molecule has 1 unspecified atom stereocenters. The molecule has 1 amide bonds. The number of amides is 1. The Morgan fingerprint density at radius 2 is 2.07 bits per heavy atom. The molecule has 1 fully saturated rings. The number of carbonyl (C=O) groups excluding carboxylic acids is 1. The molecule has 1 aromatic carbocycles. The highest BCUT2D eigenvalue weighted by atomic mass is 19.4. The van der Waals surface area contributed by atoms with Crippen LogP contribution >= 0.6 is 0 Å². The highest BCUT2D eigenvalue weighted by Gasteiger charge is 2.34. The lowest BCUT2D eigenvalue weighted by molar-refractivity contribution is -0.163. The molecule has 0 aliphatic carbocycles. The number of piperidine rings is 1. The number of likely N-dealkylation sites (tertiary alicyclic amines) is 1.